The minimum absolute atomic E-state index is 0.0651. The van der Waals surface area contributed by atoms with E-state index in [4.69, 9.17) is 4.74 Å². The van der Waals surface area contributed by atoms with Crippen LogP contribution in [0.15, 0.2) is 59.7 Å². The van der Waals surface area contributed by atoms with Gasteiger partial charge in [-0.2, -0.15) is 5.10 Å². The van der Waals surface area contributed by atoms with Gasteiger partial charge in [-0.15, -0.1) is 0 Å². The van der Waals surface area contributed by atoms with E-state index >= 15 is 0 Å². The van der Waals surface area contributed by atoms with Gasteiger partial charge < -0.3 is 4.74 Å². The predicted octanol–water partition coefficient (Wildman–Crippen LogP) is 2.15. The molecule has 1 aliphatic rings. The Kier molecular flexibility index (Phi) is 5.68. The number of benzene rings is 2. The van der Waals surface area contributed by atoms with Crippen molar-refractivity contribution in [2.75, 3.05) is 11.5 Å². The molecule has 0 unspecified atom stereocenters. The molecule has 1 atom stereocenters. The summed E-state index contributed by atoms with van der Waals surface area (Å²) in [6.07, 6.45) is 1.86. The molecular formula is C19H20N2O4S. The number of carbonyl (C=O) groups excluding carboxylic acids is 1. The Bertz CT molecular complexity index is 895. The van der Waals surface area contributed by atoms with Gasteiger partial charge >= 0.3 is 0 Å². The zero-order valence-corrected chi connectivity index (χ0v) is 15.0. The molecule has 1 saturated heterocycles. The first-order valence-corrected chi connectivity index (χ1v) is 10.1. The molecule has 2 aromatic rings. The van der Waals surface area contributed by atoms with Gasteiger partial charge in [0.2, 0.25) is 5.91 Å². The number of carbonyl (C=O) groups is 1. The van der Waals surface area contributed by atoms with Crippen LogP contribution in [0.2, 0.25) is 0 Å². The maximum atomic E-state index is 11.9. The van der Waals surface area contributed by atoms with Gasteiger partial charge in [0.05, 0.1) is 23.6 Å². The van der Waals surface area contributed by atoms with Crippen molar-refractivity contribution in [2.24, 2.45) is 11.0 Å². The second kappa shape index (κ2) is 8.14. The number of amides is 1. The molecule has 1 amide bonds. The van der Waals surface area contributed by atoms with Gasteiger partial charge in [-0.1, -0.05) is 42.5 Å². The fourth-order valence-corrected chi connectivity index (χ4v) is 4.43. The lowest BCUT2D eigenvalue weighted by Gasteiger charge is -2.07. The molecule has 0 spiro atoms. The molecule has 26 heavy (non-hydrogen) atoms. The van der Waals surface area contributed by atoms with Gasteiger partial charge in [-0.25, -0.2) is 13.8 Å². The van der Waals surface area contributed by atoms with Crippen LogP contribution in [0.1, 0.15) is 17.5 Å². The van der Waals surface area contributed by atoms with E-state index in [1.165, 1.54) is 6.21 Å². The van der Waals surface area contributed by atoms with E-state index < -0.39 is 15.8 Å². The lowest BCUT2D eigenvalue weighted by atomic mass is 10.1. The third-order valence-corrected chi connectivity index (χ3v) is 5.87. The molecular weight excluding hydrogens is 352 g/mol. The highest BCUT2D eigenvalue weighted by Gasteiger charge is 2.32. The van der Waals surface area contributed by atoms with Gasteiger partial charge in [0.25, 0.3) is 0 Å². The van der Waals surface area contributed by atoms with Crippen molar-refractivity contribution in [2.45, 2.75) is 13.0 Å². The maximum absolute atomic E-state index is 11.9. The first kappa shape index (κ1) is 18.1. The van der Waals surface area contributed by atoms with Crippen molar-refractivity contribution in [3.05, 3.63) is 65.7 Å². The van der Waals surface area contributed by atoms with Crippen molar-refractivity contribution in [3.8, 4) is 5.75 Å². The summed E-state index contributed by atoms with van der Waals surface area (Å²) < 4.78 is 28.6. The molecule has 7 heteroatoms. The van der Waals surface area contributed by atoms with Crippen molar-refractivity contribution >= 4 is 22.0 Å². The van der Waals surface area contributed by atoms with Gasteiger partial charge in [-0.05, 0) is 29.7 Å². The third kappa shape index (κ3) is 5.16. The lowest BCUT2D eigenvalue weighted by Crippen LogP contribution is -2.27. The summed E-state index contributed by atoms with van der Waals surface area (Å²) in [5, 5.41) is 3.92. The van der Waals surface area contributed by atoms with Crippen LogP contribution in [0, 0.1) is 5.92 Å². The number of rotatable bonds is 6. The van der Waals surface area contributed by atoms with Crippen molar-refractivity contribution in [1.29, 1.82) is 0 Å². The summed E-state index contributed by atoms with van der Waals surface area (Å²) in [6.45, 7) is 0.467. The van der Waals surface area contributed by atoms with E-state index in [2.05, 4.69) is 10.5 Å². The topological polar surface area (TPSA) is 84.8 Å². The highest BCUT2D eigenvalue weighted by Crippen LogP contribution is 2.18. The molecule has 136 valence electrons. The predicted molar refractivity (Wildman–Crippen MR) is 99.7 cm³/mol. The Balaban J connectivity index is 1.53. The van der Waals surface area contributed by atoms with Crippen molar-refractivity contribution in [1.82, 2.24) is 5.43 Å². The van der Waals surface area contributed by atoms with Crippen LogP contribution < -0.4 is 10.2 Å². The first-order valence-electron chi connectivity index (χ1n) is 8.32. The SMILES string of the molecule is O=C(N/N=C\c1cccc(OCc2ccccc2)c1)[C@@H]1CCS(=O)(=O)C1. The highest BCUT2D eigenvalue weighted by atomic mass is 32.2. The van der Waals surface area contributed by atoms with Crippen LogP contribution >= 0.6 is 0 Å². The second-order valence-corrected chi connectivity index (χ2v) is 8.41. The van der Waals surface area contributed by atoms with Gasteiger partial charge in [-0.3, -0.25) is 4.79 Å². The molecule has 3 rings (SSSR count). The lowest BCUT2D eigenvalue weighted by molar-refractivity contribution is -0.124. The Morgan fingerprint density at radius 1 is 1.19 bits per heavy atom. The summed E-state index contributed by atoms with van der Waals surface area (Å²) in [6, 6.07) is 17.2. The summed E-state index contributed by atoms with van der Waals surface area (Å²) in [5.41, 5.74) is 4.26. The number of hydrazone groups is 1. The number of ether oxygens (including phenoxy) is 1. The zero-order valence-electron chi connectivity index (χ0n) is 14.2. The van der Waals surface area contributed by atoms with Gasteiger partial charge in [0.1, 0.15) is 12.4 Å². The van der Waals surface area contributed by atoms with Crippen LogP contribution in [0.5, 0.6) is 5.75 Å². The van der Waals surface area contributed by atoms with Crippen molar-refractivity contribution < 1.29 is 17.9 Å². The average molecular weight is 372 g/mol. The Morgan fingerprint density at radius 3 is 2.73 bits per heavy atom. The van der Waals surface area contributed by atoms with Crippen LogP contribution in [-0.4, -0.2) is 32.0 Å². The number of sulfone groups is 1. The Hall–Kier alpha value is -2.67. The molecule has 0 radical (unpaired) electrons. The van der Waals surface area contributed by atoms with Crippen LogP contribution in [0.4, 0.5) is 0 Å². The van der Waals surface area contributed by atoms with E-state index in [0.717, 1.165) is 11.1 Å². The fourth-order valence-electron chi connectivity index (χ4n) is 2.69. The molecule has 1 heterocycles. The highest BCUT2D eigenvalue weighted by molar-refractivity contribution is 7.91. The smallest absolute Gasteiger partial charge is 0.244 e. The fraction of sp³-hybridized carbons (Fsp3) is 0.263. The molecule has 0 aromatic heterocycles. The van der Waals surface area contributed by atoms with Crippen molar-refractivity contribution in [3.63, 3.8) is 0 Å². The molecule has 0 aliphatic carbocycles. The molecule has 0 saturated carbocycles. The van der Waals surface area contributed by atoms with E-state index in [9.17, 15) is 13.2 Å². The summed E-state index contributed by atoms with van der Waals surface area (Å²) in [7, 11) is -3.08. The van der Waals surface area contributed by atoms with E-state index in [0.29, 0.717) is 18.8 Å². The Morgan fingerprint density at radius 2 is 2.00 bits per heavy atom. The van der Waals surface area contributed by atoms with Crippen LogP contribution in [0.3, 0.4) is 0 Å². The molecule has 1 N–H and O–H groups in total. The number of nitrogens with zero attached hydrogens (tertiary/aromatic N) is 1. The standard InChI is InChI=1S/C19H20N2O4S/c22-19(17-9-10-26(23,24)14-17)21-20-12-16-7-4-8-18(11-16)25-13-15-5-2-1-3-6-15/h1-8,11-12,17H,9-10,13-14H2,(H,21,22)/b20-12-/t17-/m1/s1. The monoisotopic (exact) mass is 372 g/mol. The molecule has 0 bridgehead atoms. The summed E-state index contributed by atoms with van der Waals surface area (Å²) in [5.74, 6) is -0.213. The number of hydrogen-bond donors (Lipinski definition) is 1. The quantitative estimate of drug-likeness (QED) is 0.622. The largest absolute Gasteiger partial charge is 0.489 e. The van der Waals surface area contributed by atoms with E-state index in [1.54, 1.807) is 0 Å². The average Bonchev–Trinajstić information content (AvgIpc) is 3.01. The molecule has 2 aromatic carbocycles. The van der Waals surface area contributed by atoms with E-state index in [-0.39, 0.29) is 17.4 Å². The van der Waals surface area contributed by atoms with Crippen LogP contribution in [0.25, 0.3) is 0 Å². The maximum Gasteiger partial charge on any atom is 0.244 e. The minimum Gasteiger partial charge on any atom is -0.489 e. The molecule has 1 fully saturated rings. The number of nitrogens with one attached hydrogen (secondary N) is 1. The molecule has 6 nitrogen and oxygen atoms in total. The number of hydrogen-bond acceptors (Lipinski definition) is 5. The zero-order chi connectivity index (χ0) is 18.4. The summed E-state index contributed by atoms with van der Waals surface area (Å²) in [4.78, 5) is 11.9. The second-order valence-electron chi connectivity index (χ2n) is 6.18. The van der Waals surface area contributed by atoms with Crippen LogP contribution in [-0.2, 0) is 21.2 Å². The normalized spacial score (nSPS) is 18.7. The third-order valence-electron chi connectivity index (χ3n) is 4.10. The summed E-state index contributed by atoms with van der Waals surface area (Å²) >= 11 is 0. The first-order chi connectivity index (χ1) is 12.5. The van der Waals surface area contributed by atoms with E-state index in [1.807, 2.05) is 54.6 Å². The Labute approximate surface area is 152 Å². The van der Waals surface area contributed by atoms with Gasteiger partial charge in [0.15, 0.2) is 9.84 Å². The molecule has 1 aliphatic heterocycles. The van der Waals surface area contributed by atoms with Gasteiger partial charge in [0, 0.05) is 0 Å². The minimum atomic E-state index is -3.08.